The molecule has 0 spiro atoms. The molecule has 3 rings (SSSR count). The smallest absolute Gasteiger partial charge is 0.248 e. The highest BCUT2D eigenvalue weighted by Crippen LogP contribution is 2.18. The van der Waals surface area contributed by atoms with Gasteiger partial charge in [0.05, 0.1) is 12.7 Å². The van der Waals surface area contributed by atoms with Gasteiger partial charge < -0.3 is 19.3 Å². The number of aryl methyl sites for hydroxylation is 2. The minimum atomic E-state index is 0.0811. The van der Waals surface area contributed by atoms with Crippen molar-refractivity contribution in [2.75, 3.05) is 50.9 Å². The van der Waals surface area contributed by atoms with Crippen molar-refractivity contribution in [3.63, 3.8) is 0 Å². The average Bonchev–Trinajstić information content (AvgIpc) is 2.62. The Labute approximate surface area is 150 Å². The van der Waals surface area contributed by atoms with Gasteiger partial charge in [0.1, 0.15) is 6.61 Å². The molecule has 0 bridgehead atoms. The highest BCUT2D eigenvalue weighted by Gasteiger charge is 2.22. The van der Waals surface area contributed by atoms with Gasteiger partial charge in [-0.25, -0.2) is 0 Å². The Bertz CT molecular complexity index is 559. The van der Waals surface area contributed by atoms with Gasteiger partial charge in [-0.15, -0.1) is 0 Å². The molecular weight excluding hydrogens is 318 g/mol. The molecule has 1 atom stereocenters. The van der Waals surface area contributed by atoms with Crippen molar-refractivity contribution in [2.24, 2.45) is 0 Å². The molecule has 2 fully saturated rings. The molecule has 0 radical (unpaired) electrons. The van der Waals surface area contributed by atoms with Gasteiger partial charge in [0.25, 0.3) is 0 Å². The molecule has 2 aliphatic heterocycles. The van der Waals surface area contributed by atoms with Gasteiger partial charge in [-0.1, -0.05) is 0 Å². The first-order valence-corrected chi connectivity index (χ1v) is 9.29. The number of hydrogen-bond donors (Lipinski definition) is 0. The van der Waals surface area contributed by atoms with Gasteiger partial charge in [0, 0.05) is 49.9 Å². The first-order chi connectivity index (χ1) is 12.1. The topological polar surface area (TPSA) is 54.9 Å². The third-order valence-electron chi connectivity index (χ3n) is 4.87. The summed E-state index contributed by atoms with van der Waals surface area (Å²) < 4.78 is 11.2. The highest BCUT2D eigenvalue weighted by molar-refractivity contribution is 5.77. The summed E-state index contributed by atoms with van der Waals surface area (Å²) in [4.78, 5) is 21.0. The number of piperazine rings is 1. The lowest BCUT2D eigenvalue weighted by atomic mass is 10.1. The number of aromatic nitrogens is 1. The standard InChI is InChI=1S/C19H29N3O3/c1-15-11-17(12-16(2)20-15)21-6-8-22(9-7-21)19(23)14-24-13-18-5-3-4-10-25-18/h11-12,18H,3-10,13-14H2,1-2H3/t18-/m0/s1. The SMILES string of the molecule is Cc1cc(N2CCN(C(=O)COC[C@@H]3CCCCO3)CC2)cc(C)n1. The molecule has 138 valence electrons. The van der Waals surface area contributed by atoms with E-state index in [1.165, 1.54) is 12.1 Å². The lowest BCUT2D eigenvalue weighted by Gasteiger charge is -2.36. The van der Waals surface area contributed by atoms with Gasteiger partial charge in [0.2, 0.25) is 5.91 Å². The molecule has 25 heavy (non-hydrogen) atoms. The second-order valence-corrected chi connectivity index (χ2v) is 6.98. The minimum Gasteiger partial charge on any atom is -0.376 e. The Morgan fingerprint density at radius 3 is 2.56 bits per heavy atom. The number of rotatable bonds is 5. The molecule has 1 amide bonds. The summed E-state index contributed by atoms with van der Waals surface area (Å²) in [5.41, 5.74) is 3.27. The zero-order chi connectivity index (χ0) is 17.6. The molecule has 6 heteroatoms. The van der Waals surface area contributed by atoms with E-state index in [4.69, 9.17) is 9.47 Å². The molecule has 2 saturated heterocycles. The molecule has 1 aromatic heterocycles. The average molecular weight is 347 g/mol. The van der Waals surface area contributed by atoms with Crippen LogP contribution in [0.4, 0.5) is 5.69 Å². The van der Waals surface area contributed by atoms with Crippen LogP contribution in [0, 0.1) is 13.8 Å². The van der Waals surface area contributed by atoms with E-state index in [2.05, 4.69) is 22.0 Å². The zero-order valence-electron chi connectivity index (χ0n) is 15.4. The summed E-state index contributed by atoms with van der Waals surface area (Å²) in [6.07, 6.45) is 3.53. The molecule has 0 N–H and O–H groups in total. The largest absolute Gasteiger partial charge is 0.376 e. The van der Waals surface area contributed by atoms with Crippen LogP contribution in [0.15, 0.2) is 12.1 Å². The fourth-order valence-electron chi connectivity index (χ4n) is 3.52. The maximum atomic E-state index is 12.3. The van der Waals surface area contributed by atoms with E-state index >= 15 is 0 Å². The van der Waals surface area contributed by atoms with E-state index in [0.29, 0.717) is 6.61 Å². The van der Waals surface area contributed by atoms with Gasteiger partial charge in [-0.05, 0) is 45.2 Å². The first-order valence-electron chi connectivity index (χ1n) is 9.29. The van der Waals surface area contributed by atoms with Crippen LogP contribution in [0.5, 0.6) is 0 Å². The fourth-order valence-corrected chi connectivity index (χ4v) is 3.52. The molecule has 0 unspecified atom stereocenters. The van der Waals surface area contributed by atoms with E-state index in [1.54, 1.807) is 0 Å². The molecule has 1 aromatic rings. The summed E-state index contributed by atoms with van der Waals surface area (Å²) in [7, 11) is 0. The second-order valence-electron chi connectivity index (χ2n) is 6.98. The number of ether oxygens (including phenoxy) is 2. The van der Waals surface area contributed by atoms with Crippen LogP contribution in [0.1, 0.15) is 30.7 Å². The van der Waals surface area contributed by atoms with Crippen molar-refractivity contribution in [2.45, 2.75) is 39.2 Å². The molecule has 0 aromatic carbocycles. The molecule has 0 saturated carbocycles. The fraction of sp³-hybridized carbons (Fsp3) is 0.684. The monoisotopic (exact) mass is 347 g/mol. The predicted molar refractivity (Wildman–Crippen MR) is 96.9 cm³/mol. The number of pyridine rings is 1. The number of carbonyl (C=O) groups is 1. The van der Waals surface area contributed by atoms with E-state index < -0.39 is 0 Å². The summed E-state index contributed by atoms with van der Waals surface area (Å²) >= 11 is 0. The quantitative estimate of drug-likeness (QED) is 0.815. The minimum absolute atomic E-state index is 0.0811. The van der Waals surface area contributed by atoms with Crippen molar-refractivity contribution in [1.29, 1.82) is 0 Å². The molecule has 3 heterocycles. The molecule has 2 aliphatic rings. The number of nitrogens with zero attached hydrogens (tertiary/aromatic N) is 3. The Morgan fingerprint density at radius 1 is 1.20 bits per heavy atom. The Kier molecular flexibility index (Phi) is 6.26. The van der Waals surface area contributed by atoms with E-state index in [-0.39, 0.29) is 18.6 Å². The third kappa shape index (κ3) is 5.16. The number of amides is 1. The van der Waals surface area contributed by atoms with Crippen LogP contribution in [0.25, 0.3) is 0 Å². The van der Waals surface area contributed by atoms with E-state index in [0.717, 1.165) is 57.0 Å². The number of carbonyl (C=O) groups excluding carboxylic acids is 1. The Hall–Kier alpha value is -1.66. The summed E-state index contributed by atoms with van der Waals surface area (Å²) in [5.74, 6) is 0.0811. The van der Waals surface area contributed by atoms with Crippen molar-refractivity contribution < 1.29 is 14.3 Å². The summed E-state index contributed by atoms with van der Waals surface area (Å²) in [6.45, 7) is 8.71. The lowest BCUT2D eigenvalue weighted by molar-refractivity contribution is -0.138. The van der Waals surface area contributed by atoms with Gasteiger partial charge >= 0.3 is 0 Å². The summed E-state index contributed by atoms with van der Waals surface area (Å²) in [6, 6.07) is 4.22. The molecular formula is C19H29N3O3. The van der Waals surface area contributed by atoms with Crippen LogP contribution in [-0.2, 0) is 14.3 Å². The van der Waals surface area contributed by atoms with Gasteiger partial charge in [0.15, 0.2) is 0 Å². The maximum absolute atomic E-state index is 12.3. The number of anilines is 1. The van der Waals surface area contributed by atoms with Crippen LogP contribution in [0.3, 0.4) is 0 Å². The second kappa shape index (κ2) is 8.63. The van der Waals surface area contributed by atoms with Crippen molar-refractivity contribution >= 4 is 11.6 Å². The van der Waals surface area contributed by atoms with Gasteiger partial charge in [-0.2, -0.15) is 0 Å². The predicted octanol–water partition coefficient (Wildman–Crippen LogP) is 1.93. The van der Waals surface area contributed by atoms with Crippen LogP contribution in [0.2, 0.25) is 0 Å². The van der Waals surface area contributed by atoms with Crippen LogP contribution >= 0.6 is 0 Å². The lowest BCUT2D eigenvalue weighted by Crippen LogP contribution is -2.50. The van der Waals surface area contributed by atoms with Crippen molar-refractivity contribution in [3.8, 4) is 0 Å². The first kappa shape index (κ1) is 18.1. The van der Waals surface area contributed by atoms with Crippen molar-refractivity contribution in [3.05, 3.63) is 23.5 Å². The van der Waals surface area contributed by atoms with E-state index in [9.17, 15) is 4.79 Å². The van der Waals surface area contributed by atoms with Gasteiger partial charge in [-0.3, -0.25) is 9.78 Å². The van der Waals surface area contributed by atoms with Crippen molar-refractivity contribution in [1.82, 2.24) is 9.88 Å². The Balaban J connectivity index is 1.41. The molecule has 6 nitrogen and oxygen atoms in total. The Morgan fingerprint density at radius 2 is 1.92 bits per heavy atom. The summed E-state index contributed by atoms with van der Waals surface area (Å²) in [5, 5.41) is 0. The normalized spacial score (nSPS) is 21.4. The maximum Gasteiger partial charge on any atom is 0.248 e. The van der Waals surface area contributed by atoms with E-state index in [1.807, 2.05) is 18.7 Å². The highest BCUT2D eigenvalue weighted by atomic mass is 16.5. The number of hydrogen-bond acceptors (Lipinski definition) is 5. The van der Waals surface area contributed by atoms with Crippen LogP contribution < -0.4 is 4.90 Å². The third-order valence-corrected chi connectivity index (χ3v) is 4.87. The zero-order valence-corrected chi connectivity index (χ0v) is 15.4. The molecule has 0 aliphatic carbocycles. The van der Waals surface area contributed by atoms with Crippen LogP contribution in [-0.4, -0.2) is 67.9 Å².